The molecule has 4 aromatic carbocycles. The van der Waals surface area contributed by atoms with Crippen LogP contribution in [-0.2, 0) is 32.6 Å². The molecule has 7 nitrogen and oxygen atoms in total. The number of rotatable bonds is 11. The Bertz CT molecular complexity index is 1730. The molecule has 0 aliphatic rings. The summed E-state index contributed by atoms with van der Waals surface area (Å²) in [6.45, 7) is 6.70. The quantitative estimate of drug-likeness (QED) is 0.200. The zero-order valence-electron chi connectivity index (χ0n) is 25.7. The summed E-state index contributed by atoms with van der Waals surface area (Å²) in [6.07, 6.45) is 0.171. The second-order valence-corrected chi connectivity index (χ2v) is 14.2. The molecule has 0 saturated heterocycles. The predicted octanol–water partition coefficient (Wildman–Crippen LogP) is 6.54. The topological polar surface area (TPSA) is 86.8 Å². The number of amides is 2. The Hall–Kier alpha value is -4.21. The Morgan fingerprint density at radius 2 is 1.51 bits per heavy atom. The van der Waals surface area contributed by atoms with Crippen LogP contribution in [0.25, 0.3) is 0 Å². The van der Waals surface area contributed by atoms with Crippen LogP contribution in [0.4, 0.5) is 10.1 Å². The highest BCUT2D eigenvalue weighted by Crippen LogP contribution is 2.27. The number of sulfonamides is 1. The number of hydrogen-bond acceptors (Lipinski definition) is 4. The first-order valence-corrected chi connectivity index (χ1v) is 16.3. The van der Waals surface area contributed by atoms with E-state index in [1.54, 1.807) is 30.3 Å². The summed E-state index contributed by atoms with van der Waals surface area (Å²) in [7, 11) is -4.25. The zero-order valence-corrected chi connectivity index (χ0v) is 27.3. The number of halogens is 2. The first kappa shape index (κ1) is 33.7. The molecule has 0 fully saturated rings. The van der Waals surface area contributed by atoms with E-state index in [0.29, 0.717) is 16.3 Å². The van der Waals surface area contributed by atoms with Crippen LogP contribution in [0.2, 0.25) is 5.02 Å². The number of carbonyl (C=O) groups is 2. The number of aryl methyl sites for hydroxylation is 1. The normalized spacial score (nSPS) is 12.3. The fraction of sp³-hybridized carbons (Fsp3) is 0.257. The van der Waals surface area contributed by atoms with Crippen molar-refractivity contribution in [2.45, 2.75) is 57.1 Å². The number of nitrogens with zero attached hydrogens (tertiary/aromatic N) is 2. The molecule has 0 bridgehead atoms. The van der Waals surface area contributed by atoms with E-state index in [1.165, 1.54) is 41.3 Å². The smallest absolute Gasteiger partial charge is 0.264 e. The fourth-order valence-corrected chi connectivity index (χ4v) is 6.37. The lowest BCUT2D eigenvalue weighted by Gasteiger charge is -2.35. The van der Waals surface area contributed by atoms with Crippen LogP contribution in [0.3, 0.4) is 0 Å². The lowest BCUT2D eigenvalue weighted by atomic mass is 10.0. The molecule has 0 aliphatic heterocycles. The summed E-state index contributed by atoms with van der Waals surface area (Å²) in [5, 5.41) is 3.35. The van der Waals surface area contributed by atoms with Gasteiger partial charge in [-0.25, -0.2) is 12.8 Å². The molecule has 1 N–H and O–H groups in total. The molecule has 45 heavy (non-hydrogen) atoms. The second-order valence-electron chi connectivity index (χ2n) is 11.9. The Morgan fingerprint density at radius 3 is 2.11 bits per heavy atom. The SMILES string of the molecule is Cc1cccc(N(CC(=O)N(Cc2ccc(F)cc2)[C@H](Cc2ccccc2)C(=O)NC(C)(C)C)S(=O)(=O)c2ccc(Cl)cc2)c1. The van der Waals surface area contributed by atoms with Crippen molar-refractivity contribution in [3.05, 3.63) is 131 Å². The molecule has 0 unspecified atom stereocenters. The Labute approximate surface area is 269 Å². The third-order valence-corrected chi connectivity index (χ3v) is 9.05. The maximum atomic E-state index is 14.5. The minimum atomic E-state index is -4.25. The maximum Gasteiger partial charge on any atom is 0.264 e. The molecule has 0 spiro atoms. The summed E-state index contributed by atoms with van der Waals surface area (Å²) in [4.78, 5) is 29.7. The average Bonchev–Trinajstić information content (AvgIpc) is 2.98. The van der Waals surface area contributed by atoms with Crippen molar-refractivity contribution in [2.75, 3.05) is 10.8 Å². The molecule has 10 heteroatoms. The minimum Gasteiger partial charge on any atom is -0.350 e. The standard InChI is InChI=1S/C35H37ClFN3O4S/c1-25-9-8-12-30(21-25)40(45(43,44)31-19-15-28(36)16-20-31)24-33(41)39(23-27-13-17-29(37)18-14-27)32(34(42)38-35(2,3)4)22-26-10-6-5-7-11-26/h5-21,32H,22-24H2,1-4H3,(H,38,42)/t32-/m1/s1. The number of anilines is 1. The van der Waals surface area contributed by atoms with Crippen LogP contribution in [-0.4, -0.2) is 43.3 Å². The first-order chi connectivity index (χ1) is 21.2. The van der Waals surface area contributed by atoms with Gasteiger partial charge in [-0.2, -0.15) is 0 Å². The van der Waals surface area contributed by atoms with Crippen LogP contribution in [0, 0.1) is 12.7 Å². The highest BCUT2D eigenvalue weighted by Gasteiger charge is 2.35. The number of nitrogens with one attached hydrogen (secondary N) is 1. The van der Waals surface area contributed by atoms with E-state index in [4.69, 9.17) is 11.6 Å². The van der Waals surface area contributed by atoms with E-state index in [1.807, 2.05) is 64.1 Å². The Balaban J connectivity index is 1.81. The van der Waals surface area contributed by atoms with Crippen molar-refractivity contribution in [3.8, 4) is 0 Å². The van der Waals surface area contributed by atoms with Gasteiger partial charge in [-0.1, -0.05) is 66.2 Å². The Morgan fingerprint density at radius 1 is 0.867 bits per heavy atom. The van der Waals surface area contributed by atoms with Crippen molar-refractivity contribution in [1.29, 1.82) is 0 Å². The van der Waals surface area contributed by atoms with Gasteiger partial charge in [0.1, 0.15) is 18.4 Å². The Kier molecular flexibility index (Phi) is 10.7. The van der Waals surface area contributed by atoms with Crippen molar-refractivity contribution < 1.29 is 22.4 Å². The van der Waals surface area contributed by atoms with Crippen LogP contribution >= 0.6 is 11.6 Å². The third-order valence-electron chi connectivity index (χ3n) is 7.01. The van der Waals surface area contributed by atoms with E-state index < -0.39 is 45.8 Å². The van der Waals surface area contributed by atoms with Crippen LogP contribution in [0.15, 0.2) is 108 Å². The molecule has 2 amide bonds. The molecule has 1 atom stereocenters. The fourth-order valence-electron chi connectivity index (χ4n) is 4.84. The van der Waals surface area contributed by atoms with Gasteiger partial charge in [0, 0.05) is 23.5 Å². The van der Waals surface area contributed by atoms with Crippen LogP contribution in [0.1, 0.15) is 37.5 Å². The number of benzene rings is 4. The van der Waals surface area contributed by atoms with Gasteiger partial charge in [0.2, 0.25) is 11.8 Å². The minimum absolute atomic E-state index is 0.0439. The average molecular weight is 650 g/mol. The van der Waals surface area contributed by atoms with Crippen molar-refractivity contribution in [1.82, 2.24) is 10.2 Å². The molecule has 0 saturated carbocycles. The van der Waals surface area contributed by atoms with Crippen LogP contribution < -0.4 is 9.62 Å². The van der Waals surface area contributed by atoms with Crippen molar-refractivity contribution in [2.24, 2.45) is 0 Å². The highest BCUT2D eigenvalue weighted by atomic mass is 35.5. The molecule has 0 radical (unpaired) electrons. The third kappa shape index (κ3) is 9.15. The number of carbonyl (C=O) groups excluding carboxylic acids is 2. The largest absolute Gasteiger partial charge is 0.350 e. The molecular formula is C35H37ClFN3O4S. The second kappa shape index (κ2) is 14.3. The monoisotopic (exact) mass is 649 g/mol. The predicted molar refractivity (Wildman–Crippen MR) is 176 cm³/mol. The lowest BCUT2D eigenvalue weighted by Crippen LogP contribution is -2.56. The van der Waals surface area contributed by atoms with Gasteiger partial charge in [-0.3, -0.25) is 13.9 Å². The van der Waals surface area contributed by atoms with Gasteiger partial charge in [0.05, 0.1) is 10.6 Å². The van der Waals surface area contributed by atoms with Crippen molar-refractivity contribution >= 4 is 39.1 Å². The highest BCUT2D eigenvalue weighted by molar-refractivity contribution is 7.92. The molecule has 0 aromatic heterocycles. The van der Waals surface area contributed by atoms with Gasteiger partial charge in [-0.05, 0) is 92.9 Å². The van der Waals surface area contributed by atoms with E-state index >= 15 is 0 Å². The summed E-state index contributed by atoms with van der Waals surface area (Å²) >= 11 is 6.04. The summed E-state index contributed by atoms with van der Waals surface area (Å²) in [6, 6.07) is 26.5. The first-order valence-electron chi connectivity index (χ1n) is 14.5. The van der Waals surface area contributed by atoms with Gasteiger partial charge in [0.25, 0.3) is 10.0 Å². The van der Waals surface area contributed by atoms with E-state index in [9.17, 15) is 22.4 Å². The summed E-state index contributed by atoms with van der Waals surface area (Å²) in [5.74, 6) is -1.45. The van der Waals surface area contributed by atoms with Gasteiger partial charge < -0.3 is 10.2 Å². The molecule has 4 rings (SSSR count). The van der Waals surface area contributed by atoms with Gasteiger partial charge >= 0.3 is 0 Å². The maximum absolute atomic E-state index is 14.5. The summed E-state index contributed by atoms with van der Waals surface area (Å²) < 4.78 is 43.0. The van der Waals surface area contributed by atoms with Crippen molar-refractivity contribution in [3.63, 3.8) is 0 Å². The van der Waals surface area contributed by atoms with Gasteiger partial charge in [-0.15, -0.1) is 0 Å². The molecule has 0 heterocycles. The van der Waals surface area contributed by atoms with E-state index in [2.05, 4.69) is 5.32 Å². The molecule has 0 aliphatic carbocycles. The van der Waals surface area contributed by atoms with Gasteiger partial charge in [0.15, 0.2) is 0 Å². The lowest BCUT2D eigenvalue weighted by molar-refractivity contribution is -0.140. The van der Waals surface area contributed by atoms with E-state index in [-0.39, 0.29) is 17.9 Å². The zero-order chi connectivity index (χ0) is 32.8. The van der Waals surface area contributed by atoms with E-state index in [0.717, 1.165) is 15.4 Å². The molecule has 4 aromatic rings. The molecular weight excluding hydrogens is 613 g/mol. The molecule has 236 valence electrons. The summed E-state index contributed by atoms with van der Waals surface area (Å²) in [5.41, 5.74) is 1.87. The van der Waals surface area contributed by atoms with Crippen LogP contribution in [0.5, 0.6) is 0 Å². The number of hydrogen-bond donors (Lipinski definition) is 1.